The molecule has 0 radical (unpaired) electrons. The number of carbonyl (C=O) groups is 1. The zero-order valence-corrected chi connectivity index (χ0v) is 18.3. The van der Waals surface area contributed by atoms with Crippen LogP contribution in [0.15, 0.2) is 47.5 Å². The third-order valence-corrected chi connectivity index (χ3v) is 5.79. The van der Waals surface area contributed by atoms with Crippen LogP contribution in [0.4, 0.5) is 11.4 Å². The summed E-state index contributed by atoms with van der Waals surface area (Å²) in [5.41, 5.74) is 8.38. The van der Waals surface area contributed by atoms with Gasteiger partial charge in [0.05, 0.1) is 13.5 Å². The Labute approximate surface area is 174 Å². The molecule has 0 spiro atoms. The van der Waals surface area contributed by atoms with Crippen LogP contribution in [0.3, 0.4) is 0 Å². The summed E-state index contributed by atoms with van der Waals surface area (Å²) in [6.07, 6.45) is 2.61. The Morgan fingerprint density at radius 3 is 2.48 bits per heavy atom. The fourth-order valence-corrected chi connectivity index (χ4v) is 4.13. The van der Waals surface area contributed by atoms with Gasteiger partial charge in [-0.15, -0.1) is 0 Å². The van der Waals surface area contributed by atoms with Crippen molar-refractivity contribution in [3.8, 4) is 5.75 Å². The Kier molecular flexibility index (Phi) is 6.63. The van der Waals surface area contributed by atoms with Crippen LogP contribution in [0.2, 0.25) is 0 Å². The molecule has 3 rings (SSSR count). The van der Waals surface area contributed by atoms with Gasteiger partial charge in [-0.3, -0.25) is 4.79 Å². The number of nitrogens with zero attached hydrogens (tertiary/aromatic N) is 1. The van der Waals surface area contributed by atoms with Crippen molar-refractivity contribution >= 4 is 17.3 Å². The van der Waals surface area contributed by atoms with Crippen LogP contribution in [0.1, 0.15) is 43.4 Å². The molecule has 0 aromatic heterocycles. The second-order valence-corrected chi connectivity index (χ2v) is 7.94. The van der Waals surface area contributed by atoms with E-state index in [0.717, 1.165) is 54.1 Å². The van der Waals surface area contributed by atoms with E-state index in [2.05, 4.69) is 50.0 Å². The highest BCUT2D eigenvalue weighted by atomic mass is 16.5. The fraction of sp³-hybridized carbons (Fsp3) is 0.400. The molecule has 2 aromatic rings. The normalized spacial score (nSPS) is 14.2. The summed E-state index contributed by atoms with van der Waals surface area (Å²) < 4.78 is 5.25. The lowest BCUT2D eigenvalue weighted by Gasteiger charge is -2.32. The number of nitrogens with one attached hydrogen (secondary N) is 1. The maximum Gasteiger partial charge on any atom is 0.228 e. The second-order valence-electron chi connectivity index (χ2n) is 7.94. The quantitative estimate of drug-likeness (QED) is 0.667. The first-order valence-electron chi connectivity index (χ1n) is 10.4. The summed E-state index contributed by atoms with van der Waals surface area (Å²) in [4.78, 5) is 15.1. The number of hydrogen-bond donors (Lipinski definition) is 1. The van der Waals surface area contributed by atoms with E-state index in [4.69, 9.17) is 4.74 Å². The number of ether oxygens (including phenoxy) is 1. The summed E-state index contributed by atoms with van der Waals surface area (Å²) in [5, 5.41) is 3.11. The first-order chi connectivity index (χ1) is 13.9. The zero-order valence-electron chi connectivity index (χ0n) is 18.3. The highest BCUT2D eigenvalue weighted by molar-refractivity contribution is 5.94. The summed E-state index contributed by atoms with van der Waals surface area (Å²) >= 11 is 0. The van der Waals surface area contributed by atoms with Gasteiger partial charge in [-0.2, -0.15) is 0 Å². The molecule has 4 heteroatoms. The molecule has 4 nitrogen and oxygen atoms in total. The van der Waals surface area contributed by atoms with Crippen molar-refractivity contribution in [2.24, 2.45) is 0 Å². The molecule has 1 heterocycles. The Balaban J connectivity index is 1.72. The maximum atomic E-state index is 12.6. The van der Waals surface area contributed by atoms with Gasteiger partial charge in [0.25, 0.3) is 0 Å². The molecule has 1 amide bonds. The zero-order chi connectivity index (χ0) is 21.0. The third-order valence-electron chi connectivity index (χ3n) is 5.79. The number of hydrogen-bond acceptors (Lipinski definition) is 3. The predicted molar refractivity (Wildman–Crippen MR) is 121 cm³/mol. The van der Waals surface area contributed by atoms with E-state index in [-0.39, 0.29) is 5.91 Å². The van der Waals surface area contributed by atoms with E-state index in [9.17, 15) is 4.79 Å². The minimum atomic E-state index is -0.0125. The minimum Gasteiger partial charge on any atom is -0.497 e. The molecular weight excluding hydrogens is 360 g/mol. The van der Waals surface area contributed by atoms with Crippen molar-refractivity contribution in [1.82, 2.24) is 0 Å². The monoisotopic (exact) mass is 392 g/mol. The molecule has 0 fully saturated rings. The average Bonchev–Trinajstić information content (AvgIpc) is 2.70. The van der Waals surface area contributed by atoms with Gasteiger partial charge >= 0.3 is 0 Å². The molecular formula is C25H32N2O2. The largest absolute Gasteiger partial charge is 0.497 e. The molecule has 1 N–H and O–H groups in total. The molecule has 0 saturated carbocycles. The second kappa shape index (κ2) is 9.17. The molecule has 0 atom stereocenters. The highest BCUT2D eigenvalue weighted by Gasteiger charge is 2.18. The van der Waals surface area contributed by atoms with Crippen molar-refractivity contribution in [1.29, 1.82) is 0 Å². The molecule has 0 unspecified atom stereocenters. The Hall–Kier alpha value is -2.75. The molecule has 1 aliphatic rings. The number of benzene rings is 2. The van der Waals surface area contributed by atoms with Crippen LogP contribution in [0.25, 0.3) is 0 Å². The number of amides is 1. The van der Waals surface area contributed by atoms with Crippen LogP contribution in [-0.2, 0) is 11.2 Å². The topological polar surface area (TPSA) is 41.6 Å². The predicted octanol–water partition coefficient (Wildman–Crippen LogP) is 5.43. The van der Waals surface area contributed by atoms with Gasteiger partial charge in [0.2, 0.25) is 5.91 Å². The number of rotatable bonds is 6. The van der Waals surface area contributed by atoms with Gasteiger partial charge in [-0.1, -0.05) is 30.2 Å². The van der Waals surface area contributed by atoms with Gasteiger partial charge in [0.1, 0.15) is 5.75 Å². The van der Waals surface area contributed by atoms with Crippen molar-refractivity contribution in [2.45, 2.75) is 47.0 Å². The van der Waals surface area contributed by atoms with Crippen molar-refractivity contribution in [2.75, 3.05) is 30.4 Å². The smallest absolute Gasteiger partial charge is 0.228 e. The van der Waals surface area contributed by atoms with Gasteiger partial charge in [0, 0.05) is 24.5 Å². The first kappa shape index (κ1) is 21.0. The van der Waals surface area contributed by atoms with Crippen LogP contribution < -0.4 is 15.0 Å². The molecule has 29 heavy (non-hydrogen) atoms. The Bertz CT molecular complexity index is 907. The summed E-state index contributed by atoms with van der Waals surface area (Å²) in [7, 11) is 1.64. The standard InChI is InChI=1S/C25H32N2O2/c1-6-21-10-11-27(16-19(21)4)22-12-17(2)25(18(3)13-22)26-24(28)15-20-8-7-9-23(14-20)29-5/h7-9,12-14H,6,10-11,15-16H2,1-5H3,(H,26,28). The van der Waals surface area contributed by atoms with Crippen molar-refractivity contribution in [3.63, 3.8) is 0 Å². The van der Waals surface area contributed by atoms with Crippen LogP contribution in [-0.4, -0.2) is 26.1 Å². The van der Waals surface area contributed by atoms with Crippen molar-refractivity contribution in [3.05, 3.63) is 64.2 Å². The van der Waals surface area contributed by atoms with Gasteiger partial charge in [-0.05, 0) is 74.6 Å². The van der Waals surface area contributed by atoms with Gasteiger partial charge < -0.3 is 15.0 Å². The molecule has 0 saturated heterocycles. The SMILES string of the molecule is CCC1=C(C)CN(c2cc(C)c(NC(=O)Cc3cccc(OC)c3)c(C)c2)CC1. The molecule has 1 aliphatic heterocycles. The number of aryl methyl sites for hydroxylation is 2. The Morgan fingerprint density at radius 1 is 1.14 bits per heavy atom. The maximum absolute atomic E-state index is 12.6. The third kappa shape index (κ3) is 5.00. The Morgan fingerprint density at radius 2 is 1.86 bits per heavy atom. The molecule has 0 aliphatic carbocycles. The lowest BCUT2D eigenvalue weighted by molar-refractivity contribution is -0.115. The summed E-state index contributed by atoms with van der Waals surface area (Å²) in [5.74, 6) is 0.755. The highest BCUT2D eigenvalue weighted by Crippen LogP contribution is 2.31. The van der Waals surface area contributed by atoms with Crippen LogP contribution in [0.5, 0.6) is 5.75 Å². The van der Waals surface area contributed by atoms with Crippen LogP contribution in [0, 0.1) is 13.8 Å². The van der Waals surface area contributed by atoms with E-state index in [0.29, 0.717) is 6.42 Å². The van der Waals surface area contributed by atoms with E-state index in [1.807, 2.05) is 24.3 Å². The van der Waals surface area contributed by atoms with E-state index >= 15 is 0 Å². The van der Waals surface area contributed by atoms with E-state index < -0.39 is 0 Å². The minimum absolute atomic E-state index is 0.0125. The van der Waals surface area contributed by atoms with Gasteiger partial charge in [0.15, 0.2) is 0 Å². The van der Waals surface area contributed by atoms with E-state index in [1.165, 1.54) is 11.3 Å². The summed E-state index contributed by atoms with van der Waals surface area (Å²) in [6.45, 7) is 10.7. The molecule has 2 aromatic carbocycles. The molecule has 0 bridgehead atoms. The average molecular weight is 393 g/mol. The number of carbonyl (C=O) groups excluding carboxylic acids is 1. The first-order valence-corrected chi connectivity index (χ1v) is 10.4. The van der Waals surface area contributed by atoms with E-state index in [1.54, 1.807) is 12.7 Å². The van der Waals surface area contributed by atoms with Gasteiger partial charge in [-0.25, -0.2) is 0 Å². The van der Waals surface area contributed by atoms with Crippen molar-refractivity contribution < 1.29 is 9.53 Å². The lowest BCUT2D eigenvalue weighted by atomic mass is 9.98. The fourth-order valence-electron chi connectivity index (χ4n) is 4.13. The number of methoxy groups -OCH3 is 1. The van der Waals surface area contributed by atoms with Crippen LogP contribution >= 0.6 is 0 Å². The summed E-state index contributed by atoms with van der Waals surface area (Å²) in [6, 6.07) is 12.0. The lowest BCUT2D eigenvalue weighted by Crippen LogP contribution is -2.31. The molecule has 154 valence electrons. The number of anilines is 2.